The maximum Gasteiger partial charge on any atom is 0.306 e. The van der Waals surface area contributed by atoms with Crippen LogP contribution in [0.5, 0.6) is 0 Å². The second-order valence-corrected chi connectivity index (χ2v) is 6.76. The van der Waals surface area contributed by atoms with Gasteiger partial charge in [0.2, 0.25) is 0 Å². The van der Waals surface area contributed by atoms with Gasteiger partial charge >= 0.3 is 5.97 Å². The fourth-order valence-corrected chi connectivity index (χ4v) is 3.35. The molecule has 0 aromatic rings. The molecule has 3 atom stereocenters. The van der Waals surface area contributed by atoms with Crippen LogP contribution in [-0.2, 0) is 14.3 Å². The van der Waals surface area contributed by atoms with Crippen LogP contribution in [0.2, 0.25) is 0 Å². The topological polar surface area (TPSA) is 43.4 Å². The van der Waals surface area contributed by atoms with E-state index in [9.17, 15) is 9.59 Å². The molecule has 0 radical (unpaired) electrons. The summed E-state index contributed by atoms with van der Waals surface area (Å²) in [5, 5.41) is 0. The lowest BCUT2D eigenvalue weighted by Crippen LogP contribution is -2.17. The van der Waals surface area contributed by atoms with E-state index < -0.39 is 0 Å². The molecule has 0 N–H and O–H groups in total. The summed E-state index contributed by atoms with van der Waals surface area (Å²) in [6, 6.07) is 0. The lowest BCUT2D eigenvalue weighted by Gasteiger charge is -2.20. The monoisotopic (exact) mass is 306 g/mol. The number of unbranched alkanes of at least 4 members (excludes halogenated alkanes) is 1. The van der Waals surface area contributed by atoms with Crippen LogP contribution in [-0.4, -0.2) is 17.9 Å². The molecular weight excluding hydrogens is 276 g/mol. The van der Waals surface area contributed by atoms with Crippen molar-refractivity contribution in [1.29, 1.82) is 0 Å². The van der Waals surface area contributed by atoms with Crippen molar-refractivity contribution < 1.29 is 14.3 Å². The Morgan fingerprint density at radius 1 is 1.41 bits per heavy atom. The zero-order valence-corrected chi connectivity index (χ0v) is 14.4. The van der Waals surface area contributed by atoms with E-state index in [-0.39, 0.29) is 18.0 Å². The summed E-state index contributed by atoms with van der Waals surface area (Å²) in [4.78, 5) is 23.5. The zero-order chi connectivity index (χ0) is 16.7. The maximum atomic E-state index is 12.1. The molecular formula is C19H30O3. The summed E-state index contributed by atoms with van der Waals surface area (Å²) in [6.07, 6.45) is 7.68. The molecule has 1 aliphatic carbocycles. The summed E-state index contributed by atoms with van der Waals surface area (Å²) in [7, 11) is 0. The molecule has 0 heterocycles. The fourth-order valence-electron chi connectivity index (χ4n) is 3.35. The molecule has 1 rings (SSSR count). The molecule has 1 fully saturated rings. The van der Waals surface area contributed by atoms with Crippen molar-refractivity contribution in [3.05, 3.63) is 24.3 Å². The number of Topliss-reactive ketones (excluding diaryl/α,β-unsaturated/α-hetero) is 1. The van der Waals surface area contributed by atoms with Crippen molar-refractivity contribution in [3.63, 3.8) is 0 Å². The van der Waals surface area contributed by atoms with Gasteiger partial charge in [0.15, 0.2) is 0 Å². The van der Waals surface area contributed by atoms with Gasteiger partial charge in [-0.1, -0.05) is 31.2 Å². The van der Waals surface area contributed by atoms with Crippen molar-refractivity contribution in [3.8, 4) is 0 Å². The van der Waals surface area contributed by atoms with E-state index >= 15 is 0 Å². The molecule has 0 bridgehead atoms. The second kappa shape index (κ2) is 8.92. The predicted molar refractivity (Wildman–Crippen MR) is 89.4 cm³/mol. The highest BCUT2D eigenvalue weighted by Crippen LogP contribution is 2.40. The summed E-state index contributed by atoms with van der Waals surface area (Å²) in [5.74, 6) is 1.05. The third-order valence-corrected chi connectivity index (χ3v) is 4.23. The van der Waals surface area contributed by atoms with Gasteiger partial charge in [-0.2, -0.15) is 0 Å². The van der Waals surface area contributed by atoms with Gasteiger partial charge in [-0.3, -0.25) is 9.59 Å². The Morgan fingerprint density at radius 3 is 2.68 bits per heavy atom. The van der Waals surface area contributed by atoms with Crippen LogP contribution in [0.25, 0.3) is 0 Å². The average molecular weight is 306 g/mol. The first kappa shape index (κ1) is 18.7. The Kier molecular flexibility index (Phi) is 7.57. The van der Waals surface area contributed by atoms with Gasteiger partial charge in [0.1, 0.15) is 5.78 Å². The molecule has 0 aromatic heterocycles. The van der Waals surface area contributed by atoms with E-state index in [1.54, 1.807) is 0 Å². The van der Waals surface area contributed by atoms with Crippen molar-refractivity contribution in [2.75, 3.05) is 0 Å². The smallest absolute Gasteiger partial charge is 0.306 e. The Balaban J connectivity index is 2.31. The molecule has 3 heteroatoms. The average Bonchev–Trinajstić information content (AvgIpc) is 2.67. The largest absolute Gasteiger partial charge is 0.463 e. The molecule has 0 spiro atoms. The first-order valence-corrected chi connectivity index (χ1v) is 8.35. The third kappa shape index (κ3) is 5.78. The van der Waals surface area contributed by atoms with Crippen LogP contribution in [0.4, 0.5) is 0 Å². The van der Waals surface area contributed by atoms with Crippen LogP contribution in [0, 0.1) is 17.8 Å². The normalized spacial score (nSPS) is 25.1. The molecule has 3 nitrogen and oxygen atoms in total. The van der Waals surface area contributed by atoms with Crippen molar-refractivity contribution >= 4 is 11.8 Å². The second-order valence-electron chi connectivity index (χ2n) is 6.76. The summed E-state index contributed by atoms with van der Waals surface area (Å²) >= 11 is 0. The molecule has 0 saturated heterocycles. The van der Waals surface area contributed by atoms with Crippen molar-refractivity contribution in [1.82, 2.24) is 0 Å². The lowest BCUT2D eigenvalue weighted by atomic mass is 9.83. The molecule has 22 heavy (non-hydrogen) atoms. The van der Waals surface area contributed by atoms with Gasteiger partial charge in [0.05, 0.1) is 6.10 Å². The van der Waals surface area contributed by atoms with Crippen molar-refractivity contribution in [2.45, 2.75) is 65.9 Å². The van der Waals surface area contributed by atoms with Gasteiger partial charge < -0.3 is 4.74 Å². The molecule has 1 aliphatic rings. The van der Waals surface area contributed by atoms with E-state index in [2.05, 4.69) is 25.7 Å². The quantitative estimate of drug-likeness (QED) is 0.377. The van der Waals surface area contributed by atoms with Gasteiger partial charge in [0.25, 0.3) is 0 Å². The van der Waals surface area contributed by atoms with Crippen molar-refractivity contribution in [2.24, 2.45) is 17.8 Å². The highest BCUT2D eigenvalue weighted by molar-refractivity contribution is 5.84. The maximum absolute atomic E-state index is 12.1. The minimum atomic E-state index is -0.134. The minimum Gasteiger partial charge on any atom is -0.463 e. The van der Waals surface area contributed by atoms with Gasteiger partial charge in [0, 0.05) is 18.8 Å². The first-order chi connectivity index (χ1) is 10.3. The number of carbonyl (C=O) groups excluding carboxylic acids is 2. The molecule has 0 amide bonds. The number of hydrogen-bond acceptors (Lipinski definition) is 3. The Labute approximate surface area is 134 Å². The highest BCUT2D eigenvalue weighted by atomic mass is 16.5. The SMILES string of the molecule is C=C(C)[C@H]1[C@H](C)CC(=O)[C@@H]1C/C=C\CCCC(=O)OC(C)C. The molecule has 0 aliphatic heterocycles. The van der Waals surface area contributed by atoms with Crippen LogP contribution < -0.4 is 0 Å². The van der Waals surface area contributed by atoms with Crippen LogP contribution in [0.15, 0.2) is 24.3 Å². The number of ether oxygens (including phenoxy) is 1. The number of carbonyl (C=O) groups is 2. The van der Waals surface area contributed by atoms with E-state index in [1.165, 1.54) is 0 Å². The molecule has 124 valence electrons. The number of hydrogen-bond donors (Lipinski definition) is 0. The van der Waals surface area contributed by atoms with E-state index in [1.807, 2.05) is 20.8 Å². The van der Waals surface area contributed by atoms with Crippen LogP contribution in [0.1, 0.15) is 59.8 Å². The lowest BCUT2D eigenvalue weighted by molar-refractivity contribution is -0.147. The summed E-state index contributed by atoms with van der Waals surface area (Å²) < 4.78 is 5.09. The third-order valence-electron chi connectivity index (χ3n) is 4.23. The van der Waals surface area contributed by atoms with E-state index in [4.69, 9.17) is 4.74 Å². The van der Waals surface area contributed by atoms with Crippen LogP contribution in [0.3, 0.4) is 0 Å². The van der Waals surface area contributed by atoms with Gasteiger partial charge in [-0.05, 0) is 51.9 Å². The number of allylic oxidation sites excluding steroid dienone is 3. The van der Waals surface area contributed by atoms with Gasteiger partial charge in [-0.25, -0.2) is 0 Å². The van der Waals surface area contributed by atoms with E-state index in [0.29, 0.717) is 30.5 Å². The highest BCUT2D eigenvalue weighted by Gasteiger charge is 2.39. The Bertz CT molecular complexity index is 434. The predicted octanol–water partition coefficient (Wildman–Crippen LogP) is 4.47. The number of ketones is 1. The first-order valence-electron chi connectivity index (χ1n) is 8.35. The Hall–Kier alpha value is -1.38. The molecule has 0 aromatic carbocycles. The number of esters is 1. The molecule has 0 unspecified atom stereocenters. The number of rotatable bonds is 8. The van der Waals surface area contributed by atoms with Crippen LogP contribution >= 0.6 is 0 Å². The minimum absolute atomic E-state index is 0.0440. The van der Waals surface area contributed by atoms with E-state index in [0.717, 1.165) is 24.8 Å². The standard InChI is InChI=1S/C19H30O3/c1-13(2)19-15(5)12-17(20)16(19)10-8-6-7-9-11-18(21)22-14(3)4/h6,8,14-16,19H,1,7,9-12H2,2-5H3/b8-6-/t15-,16+,19+/m1/s1. The summed E-state index contributed by atoms with van der Waals surface area (Å²) in [6.45, 7) is 11.9. The Morgan fingerprint density at radius 2 is 2.09 bits per heavy atom. The van der Waals surface area contributed by atoms with Gasteiger partial charge in [-0.15, -0.1) is 0 Å². The zero-order valence-electron chi connectivity index (χ0n) is 14.4. The summed E-state index contributed by atoms with van der Waals surface area (Å²) in [5.41, 5.74) is 1.12. The fraction of sp³-hybridized carbons (Fsp3) is 0.684. The molecule has 1 saturated carbocycles.